The molecule has 0 unspecified atom stereocenters. The van der Waals surface area contributed by atoms with Gasteiger partial charge < -0.3 is 18.9 Å². The lowest BCUT2D eigenvalue weighted by Gasteiger charge is -2.12. The van der Waals surface area contributed by atoms with E-state index in [1.165, 1.54) is 13.2 Å². The molecule has 2 aromatic carbocycles. The Balaban J connectivity index is 2.35. The smallest absolute Gasteiger partial charge is 0.203 e. The summed E-state index contributed by atoms with van der Waals surface area (Å²) in [4.78, 5) is 0. The van der Waals surface area contributed by atoms with Crippen molar-refractivity contribution in [3.05, 3.63) is 47.3 Å². The van der Waals surface area contributed by atoms with E-state index < -0.39 is 5.82 Å². The van der Waals surface area contributed by atoms with Crippen molar-refractivity contribution in [2.24, 2.45) is 0 Å². The molecule has 2 rings (SSSR count). The zero-order chi connectivity index (χ0) is 16.8. The van der Waals surface area contributed by atoms with E-state index in [9.17, 15) is 4.39 Å². The maximum absolute atomic E-state index is 13.4. The third kappa shape index (κ3) is 3.74. The third-order valence-corrected chi connectivity index (χ3v) is 3.33. The molecule has 0 N–H and O–H groups in total. The van der Waals surface area contributed by atoms with Crippen molar-refractivity contribution < 1.29 is 23.3 Å². The maximum Gasteiger partial charge on any atom is 0.203 e. The fourth-order valence-electron chi connectivity index (χ4n) is 2.17. The van der Waals surface area contributed by atoms with Crippen LogP contribution in [0.5, 0.6) is 23.0 Å². The van der Waals surface area contributed by atoms with E-state index in [0.717, 1.165) is 11.1 Å². The molecule has 0 aliphatic rings. The van der Waals surface area contributed by atoms with Gasteiger partial charge in [0.15, 0.2) is 23.1 Å². The second-order valence-electron chi connectivity index (χ2n) is 4.69. The number of rotatable bonds is 6. The molecule has 0 saturated heterocycles. The van der Waals surface area contributed by atoms with Crippen LogP contribution >= 0.6 is 0 Å². The van der Waals surface area contributed by atoms with Crippen LogP contribution in [0.4, 0.5) is 4.39 Å². The Hall–Kier alpha value is -2.69. The van der Waals surface area contributed by atoms with Gasteiger partial charge in [-0.3, -0.25) is 0 Å². The molecule has 0 saturated carbocycles. The quantitative estimate of drug-likeness (QED) is 0.754. The summed E-state index contributed by atoms with van der Waals surface area (Å²) in [5.74, 6) is 1.50. The first-order valence-electron chi connectivity index (χ1n) is 6.94. The Morgan fingerprint density at radius 2 is 1.22 bits per heavy atom. The summed E-state index contributed by atoms with van der Waals surface area (Å²) in [6.07, 6.45) is 3.72. The summed E-state index contributed by atoms with van der Waals surface area (Å²) in [5.41, 5.74) is 1.68. The molecule has 0 amide bonds. The SMILES string of the molecule is COc1cc(C=Cc2cc(OC)c(OC)c(OC)c2)ccc1F. The van der Waals surface area contributed by atoms with Crippen LogP contribution in [0.2, 0.25) is 0 Å². The first kappa shape index (κ1) is 16.7. The van der Waals surface area contributed by atoms with E-state index >= 15 is 0 Å². The lowest BCUT2D eigenvalue weighted by Crippen LogP contribution is -1.95. The molecule has 0 aliphatic carbocycles. The van der Waals surface area contributed by atoms with Gasteiger partial charge in [-0.15, -0.1) is 0 Å². The number of ether oxygens (including phenoxy) is 4. The standard InChI is InChI=1S/C18H19FO4/c1-20-15-9-12(7-8-14(15)19)5-6-13-10-16(21-2)18(23-4)17(11-13)22-3/h5-11H,1-4H3. The van der Waals surface area contributed by atoms with Gasteiger partial charge in [0.05, 0.1) is 28.4 Å². The Morgan fingerprint density at radius 1 is 0.696 bits per heavy atom. The Kier molecular flexibility index (Phi) is 5.46. The third-order valence-electron chi connectivity index (χ3n) is 3.33. The maximum atomic E-state index is 13.4. The lowest BCUT2D eigenvalue weighted by molar-refractivity contribution is 0.324. The summed E-state index contributed by atoms with van der Waals surface area (Å²) in [7, 11) is 6.12. The molecule has 2 aromatic rings. The van der Waals surface area contributed by atoms with Gasteiger partial charge in [0.2, 0.25) is 5.75 Å². The van der Waals surface area contributed by atoms with Crippen LogP contribution < -0.4 is 18.9 Å². The first-order chi connectivity index (χ1) is 11.1. The minimum atomic E-state index is -0.391. The highest BCUT2D eigenvalue weighted by atomic mass is 19.1. The van der Waals surface area contributed by atoms with Crippen LogP contribution in [0, 0.1) is 5.82 Å². The Labute approximate surface area is 135 Å². The van der Waals surface area contributed by atoms with E-state index in [1.807, 2.05) is 24.3 Å². The minimum Gasteiger partial charge on any atom is -0.494 e. The molecule has 122 valence electrons. The van der Waals surface area contributed by atoms with Gasteiger partial charge in [-0.1, -0.05) is 18.2 Å². The summed E-state index contributed by atoms with van der Waals surface area (Å²) < 4.78 is 34.3. The molecule has 0 radical (unpaired) electrons. The van der Waals surface area contributed by atoms with Crippen LogP contribution in [-0.2, 0) is 0 Å². The van der Waals surface area contributed by atoms with Crippen LogP contribution in [0.25, 0.3) is 12.2 Å². The zero-order valence-electron chi connectivity index (χ0n) is 13.6. The lowest BCUT2D eigenvalue weighted by atomic mass is 10.1. The molecule has 5 heteroatoms. The van der Waals surface area contributed by atoms with Crippen LogP contribution in [-0.4, -0.2) is 28.4 Å². The Bertz CT molecular complexity index is 685. The van der Waals surface area contributed by atoms with Crippen LogP contribution in [0.3, 0.4) is 0 Å². The van der Waals surface area contributed by atoms with Crippen molar-refractivity contribution in [3.63, 3.8) is 0 Å². The number of hydrogen-bond acceptors (Lipinski definition) is 4. The molecular weight excluding hydrogens is 299 g/mol. The average molecular weight is 318 g/mol. The largest absolute Gasteiger partial charge is 0.494 e. The summed E-state index contributed by atoms with van der Waals surface area (Å²) in [6.45, 7) is 0. The molecule has 0 spiro atoms. The number of methoxy groups -OCH3 is 4. The summed E-state index contributed by atoms with van der Waals surface area (Å²) in [6, 6.07) is 8.33. The van der Waals surface area contributed by atoms with E-state index in [-0.39, 0.29) is 5.75 Å². The Morgan fingerprint density at radius 3 is 1.74 bits per heavy atom. The molecule has 0 aliphatic heterocycles. The van der Waals surface area contributed by atoms with E-state index in [1.54, 1.807) is 33.5 Å². The van der Waals surface area contributed by atoms with Crippen molar-refractivity contribution in [1.82, 2.24) is 0 Å². The predicted octanol–water partition coefficient (Wildman–Crippen LogP) is 4.03. The molecule has 23 heavy (non-hydrogen) atoms. The molecule has 0 bridgehead atoms. The van der Waals surface area contributed by atoms with Crippen molar-refractivity contribution >= 4 is 12.2 Å². The number of benzene rings is 2. The highest BCUT2D eigenvalue weighted by Crippen LogP contribution is 2.38. The second kappa shape index (κ2) is 7.54. The number of hydrogen-bond donors (Lipinski definition) is 0. The molecule has 0 atom stereocenters. The first-order valence-corrected chi connectivity index (χ1v) is 6.94. The summed E-state index contributed by atoms with van der Waals surface area (Å²) in [5, 5.41) is 0. The van der Waals surface area contributed by atoms with Gasteiger partial charge >= 0.3 is 0 Å². The monoisotopic (exact) mass is 318 g/mol. The van der Waals surface area contributed by atoms with Crippen molar-refractivity contribution in [1.29, 1.82) is 0 Å². The van der Waals surface area contributed by atoms with Gasteiger partial charge in [0.1, 0.15) is 0 Å². The van der Waals surface area contributed by atoms with Gasteiger partial charge in [-0.25, -0.2) is 4.39 Å². The van der Waals surface area contributed by atoms with Gasteiger partial charge in [-0.2, -0.15) is 0 Å². The minimum absolute atomic E-state index is 0.206. The van der Waals surface area contributed by atoms with Crippen molar-refractivity contribution in [2.45, 2.75) is 0 Å². The van der Waals surface area contributed by atoms with E-state index in [2.05, 4.69) is 0 Å². The highest BCUT2D eigenvalue weighted by molar-refractivity contribution is 5.73. The van der Waals surface area contributed by atoms with Crippen LogP contribution in [0.1, 0.15) is 11.1 Å². The molecule has 0 heterocycles. The molecule has 4 nitrogen and oxygen atoms in total. The average Bonchev–Trinajstić information content (AvgIpc) is 2.59. The van der Waals surface area contributed by atoms with Crippen LogP contribution in [0.15, 0.2) is 30.3 Å². The topological polar surface area (TPSA) is 36.9 Å². The fourth-order valence-corrected chi connectivity index (χ4v) is 2.17. The molecule has 0 fully saturated rings. The van der Waals surface area contributed by atoms with Gasteiger partial charge in [0, 0.05) is 0 Å². The fraction of sp³-hybridized carbons (Fsp3) is 0.222. The van der Waals surface area contributed by atoms with Crippen molar-refractivity contribution in [2.75, 3.05) is 28.4 Å². The van der Waals surface area contributed by atoms with E-state index in [4.69, 9.17) is 18.9 Å². The van der Waals surface area contributed by atoms with Gasteiger partial charge in [-0.05, 0) is 35.4 Å². The second-order valence-corrected chi connectivity index (χ2v) is 4.69. The molecular formula is C18H19FO4. The predicted molar refractivity (Wildman–Crippen MR) is 88.0 cm³/mol. The normalized spacial score (nSPS) is 10.7. The zero-order valence-corrected chi connectivity index (χ0v) is 13.6. The van der Waals surface area contributed by atoms with Crippen molar-refractivity contribution in [3.8, 4) is 23.0 Å². The van der Waals surface area contributed by atoms with E-state index in [0.29, 0.717) is 17.2 Å². The summed E-state index contributed by atoms with van der Waals surface area (Å²) >= 11 is 0. The number of halogens is 1. The highest BCUT2D eigenvalue weighted by Gasteiger charge is 2.12. The van der Waals surface area contributed by atoms with Gasteiger partial charge in [0.25, 0.3) is 0 Å². The molecule has 0 aromatic heterocycles.